The molecule has 1 rings (SSSR count). The second kappa shape index (κ2) is 17.8. The highest BCUT2D eigenvalue weighted by molar-refractivity contribution is 5.14. The van der Waals surface area contributed by atoms with Crippen molar-refractivity contribution in [2.24, 2.45) is 0 Å². The van der Waals surface area contributed by atoms with Gasteiger partial charge in [-0.15, -0.1) is 6.58 Å². The lowest BCUT2D eigenvalue weighted by Gasteiger charge is -2.04. The fourth-order valence-corrected chi connectivity index (χ4v) is 3.56. The summed E-state index contributed by atoms with van der Waals surface area (Å²) in [7, 11) is 0. The number of hydrogen-bond acceptors (Lipinski definition) is 0. The first-order valence-electron chi connectivity index (χ1n) is 11.1. The molecule has 0 unspecified atom stereocenters. The maximum Gasteiger partial charge on any atom is -0.0279 e. The second-order valence-electron chi connectivity index (χ2n) is 7.62. The van der Waals surface area contributed by atoms with Gasteiger partial charge in [-0.2, -0.15) is 0 Å². The summed E-state index contributed by atoms with van der Waals surface area (Å²) in [6, 6.07) is 10.9. The Morgan fingerprint density at radius 2 is 0.920 bits per heavy atom. The molecule has 0 heterocycles. The molecule has 1 aromatic carbocycles. The molecule has 0 saturated carbocycles. The molecule has 0 aromatic heterocycles. The Hall–Kier alpha value is -1.04. The van der Waals surface area contributed by atoms with E-state index in [1.807, 2.05) is 6.08 Å². The molecule has 0 nitrogen and oxygen atoms in total. The van der Waals surface area contributed by atoms with E-state index in [2.05, 4.69) is 36.9 Å². The second-order valence-corrected chi connectivity index (χ2v) is 7.62. The van der Waals surface area contributed by atoms with Crippen molar-refractivity contribution >= 4 is 0 Å². The Morgan fingerprint density at radius 1 is 0.520 bits per heavy atom. The monoisotopic (exact) mass is 342 g/mol. The van der Waals surface area contributed by atoms with Crippen molar-refractivity contribution in [2.45, 2.75) is 109 Å². The molecule has 0 saturated heterocycles. The van der Waals surface area contributed by atoms with Gasteiger partial charge in [-0.05, 0) is 31.2 Å². The summed E-state index contributed by atoms with van der Waals surface area (Å²) in [5.41, 5.74) is 1.50. The van der Waals surface area contributed by atoms with Crippen LogP contribution < -0.4 is 0 Å². The van der Waals surface area contributed by atoms with E-state index in [0.29, 0.717) is 0 Å². The van der Waals surface area contributed by atoms with E-state index < -0.39 is 0 Å². The minimum atomic E-state index is 1.20. The van der Waals surface area contributed by atoms with Gasteiger partial charge in [-0.25, -0.2) is 0 Å². The van der Waals surface area contributed by atoms with E-state index in [1.165, 1.54) is 115 Å². The molecule has 0 spiro atoms. The normalized spacial score (nSPS) is 10.9. The summed E-state index contributed by atoms with van der Waals surface area (Å²) in [6.45, 7) is 3.78. The van der Waals surface area contributed by atoms with Crippen molar-refractivity contribution < 1.29 is 0 Å². The van der Waals surface area contributed by atoms with Crippen molar-refractivity contribution in [3.63, 3.8) is 0 Å². The molecule has 0 aliphatic heterocycles. The SMILES string of the molecule is C=CCCCCCCCCCCCCCCCCCc1ccccc1. The molecule has 0 aliphatic rings. The van der Waals surface area contributed by atoms with Gasteiger partial charge < -0.3 is 0 Å². The van der Waals surface area contributed by atoms with Crippen LogP contribution in [0.25, 0.3) is 0 Å². The Kier molecular flexibility index (Phi) is 15.6. The predicted octanol–water partition coefficient (Wildman–Crippen LogP) is 8.66. The zero-order valence-corrected chi connectivity index (χ0v) is 16.7. The predicted molar refractivity (Wildman–Crippen MR) is 114 cm³/mol. The molecular weight excluding hydrogens is 300 g/mol. The van der Waals surface area contributed by atoms with Crippen LogP contribution in [0.1, 0.15) is 108 Å². The number of benzene rings is 1. The minimum absolute atomic E-state index is 1.20. The molecule has 0 radical (unpaired) electrons. The van der Waals surface area contributed by atoms with Crippen molar-refractivity contribution in [3.05, 3.63) is 48.6 Å². The Morgan fingerprint density at radius 3 is 1.36 bits per heavy atom. The molecule has 0 amide bonds. The zero-order chi connectivity index (χ0) is 17.8. The summed E-state index contributed by atoms with van der Waals surface area (Å²) >= 11 is 0. The third-order valence-corrected chi connectivity index (χ3v) is 5.22. The third-order valence-electron chi connectivity index (χ3n) is 5.22. The zero-order valence-electron chi connectivity index (χ0n) is 16.7. The van der Waals surface area contributed by atoms with Gasteiger partial charge in [0.1, 0.15) is 0 Å². The van der Waals surface area contributed by atoms with Crippen LogP contribution >= 0.6 is 0 Å². The van der Waals surface area contributed by atoms with Crippen LogP contribution in [0.15, 0.2) is 43.0 Å². The Bertz CT molecular complexity index is 378. The Labute approximate surface area is 158 Å². The lowest BCUT2D eigenvalue weighted by atomic mass is 10.0. The van der Waals surface area contributed by atoms with Crippen molar-refractivity contribution in [1.82, 2.24) is 0 Å². The van der Waals surface area contributed by atoms with E-state index >= 15 is 0 Å². The summed E-state index contributed by atoms with van der Waals surface area (Å²) in [6.07, 6.45) is 26.0. The Balaban J connectivity index is 1.70. The molecule has 0 bridgehead atoms. The van der Waals surface area contributed by atoms with Gasteiger partial charge in [0.2, 0.25) is 0 Å². The molecular formula is C25H42. The quantitative estimate of drug-likeness (QED) is 0.185. The lowest BCUT2D eigenvalue weighted by molar-refractivity contribution is 0.531. The highest BCUT2D eigenvalue weighted by Gasteiger charge is 1.95. The summed E-state index contributed by atoms with van der Waals surface area (Å²) in [5.74, 6) is 0. The van der Waals surface area contributed by atoms with Crippen molar-refractivity contribution in [1.29, 1.82) is 0 Å². The van der Waals surface area contributed by atoms with Crippen LogP contribution in [0.4, 0.5) is 0 Å². The van der Waals surface area contributed by atoms with Crippen LogP contribution in [0.3, 0.4) is 0 Å². The number of hydrogen-bond donors (Lipinski definition) is 0. The van der Waals surface area contributed by atoms with Gasteiger partial charge in [0.15, 0.2) is 0 Å². The van der Waals surface area contributed by atoms with Crippen LogP contribution in [-0.2, 0) is 6.42 Å². The third kappa shape index (κ3) is 15.0. The maximum atomic E-state index is 3.78. The highest BCUT2D eigenvalue weighted by atomic mass is 14.0. The van der Waals surface area contributed by atoms with Crippen molar-refractivity contribution in [2.75, 3.05) is 0 Å². The van der Waals surface area contributed by atoms with Gasteiger partial charge in [-0.3, -0.25) is 0 Å². The molecule has 1 aromatic rings. The molecule has 142 valence electrons. The lowest BCUT2D eigenvalue weighted by Crippen LogP contribution is -1.86. The van der Waals surface area contributed by atoms with Crippen LogP contribution in [0.5, 0.6) is 0 Å². The highest BCUT2D eigenvalue weighted by Crippen LogP contribution is 2.14. The first kappa shape index (κ1) is 22.0. The van der Waals surface area contributed by atoms with Gasteiger partial charge in [0.25, 0.3) is 0 Å². The van der Waals surface area contributed by atoms with Crippen LogP contribution in [-0.4, -0.2) is 0 Å². The fourth-order valence-electron chi connectivity index (χ4n) is 3.56. The fraction of sp³-hybridized carbons (Fsp3) is 0.680. The van der Waals surface area contributed by atoms with E-state index in [4.69, 9.17) is 0 Å². The van der Waals surface area contributed by atoms with Gasteiger partial charge in [-0.1, -0.05) is 120 Å². The van der Waals surface area contributed by atoms with Crippen molar-refractivity contribution in [3.8, 4) is 0 Å². The summed E-state index contributed by atoms with van der Waals surface area (Å²) < 4.78 is 0. The summed E-state index contributed by atoms with van der Waals surface area (Å²) in [4.78, 5) is 0. The topological polar surface area (TPSA) is 0 Å². The molecule has 0 N–H and O–H groups in total. The molecule has 0 fully saturated rings. The van der Waals surface area contributed by atoms with E-state index in [0.717, 1.165) is 0 Å². The summed E-state index contributed by atoms with van der Waals surface area (Å²) in [5, 5.41) is 0. The van der Waals surface area contributed by atoms with E-state index in [1.54, 1.807) is 0 Å². The number of rotatable bonds is 18. The molecule has 0 heteroatoms. The van der Waals surface area contributed by atoms with E-state index in [-0.39, 0.29) is 0 Å². The van der Waals surface area contributed by atoms with Gasteiger partial charge >= 0.3 is 0 Å². The average Bonchev–Trinajstić information content (AvgIpc) is 2.65. The van der Waals surface area contributed by atoms with E-state index in [9.17, 15) is 0 Å². The first-order valence-corrected chi connectivity index (χ1v) is 11.1. The van der Waals surface area contributed by atoms with Crippen LogP contribution in [0.2, 0.25) is 0 Å². The first-order chi connectivity index (χ1) is 12.4. The number of unbranched alkanes of at least 4 members (excludes halogenated alkanes) is 15. The maximum absolute atomic E-state index is 3.78. The van der Waals surface area contributed by atoms with Crippen LogP contribution in [0, 0.1) is 0 Å². The number of aryl methyl sites for hydroxylation is 1. The van der Waals surface area contributed by atoms with Gasteiger partial charge in [0.05, 0.1) is 0 Å². The molecule has 25 heavy (non-hydrogen) atoms. The largest absolute Gasteiger partial charge is 0.103 e. The standard InChI is InChI=1S/C25H42/c1-2-3-4-5-6-7-8-9-10-11-12-13-14-15-16-17-19-22-25-23-20-18-21-24-25/h2,18,20-21,23-24H,1,3-17,19,22H2. The minimum Gasteiger partial charge on any atom is -0.103 e. The molecule has 0 atom stereocenters. The van der Waals surface area contributed by atoms with Gasteiger partial charge in [0, 0.05) is 0 Å². The molecule has 0 aliphatic carbocycles. The number of allylic oxidation sites excluding steroid dienone is 1. The average molecular weight is 343 g/mol. The smallest absolute Gasteiger partial charge is 0.0279 e.